The molecule has 0 radical (unpaired) electrons. The van der Waals surface area contributed by atoms with Crippen LogP contribution < -0.4 is 4.90 Å². The molecule has 1 aromatic rings. The Morgan fingerprint density at radius 2 is 2.33 bits per heavy atom. The number of anilines is 1. The van der Waals surface area contributed by atoms with E-state index in [0.29, 0.717) is 18.6 Å². The van der Waals surface area contributed by atoms with Gasteiger partial charge in [-0.1, -0.05) is 11.3 Å². The van der Waals surface area contributed by atoms with Crippen LogP contribution in [0, 0.1) is 0 Å². The lowest BCUT2D eigenvalue weighted by molar-refractivity contribution is 0.0471. The van der Waals surface area contributed by atoms with Gasteiger partial charge in [-0.2, -0.15) is 0 Å². The Morgan fingerprint density at radius 3 is 2.93 bits per heavy atom. The summed E-state index contributed by atoms with van der Waals surface area (Å²) in [6, 6.07) is 0. The van der Waals surface area contributed by atoms with Crippen LogP contribution in [0.25, 0.3) is 0 Å². The molecule has 15 heavy (non-hydrogen) atoms. The monoisotopic (exact) mass is 247 g/mol. The first-order chi connectivity index (χ1) is 7.40. The Kier molecular flexibility index (Phi) is 4.17. The van der Waals surface area contributed by atoms with Crippen molar-refractivity contribution in [1.82, 2.24) is 10.2 Å². The number of halogens is 1. The molecule has 0 spiro atoms. The number of rotatable bonds is 4. The van der Waals surface area contributed by atoms with Gasteiger partial charge < -0.3 is 9.64 Å². The number of aromatic nitrogens is 2. The second kappa shape index (κ2) is 5.63. The molecule has 1 fully saturated rings. The van der Waals surface area contributed by atoms with Crippen LogP contribution in [0.1, 0.15) is 12.8 Å². The van der Waals surface area contributed by atoms with Crippen molar-refractivity contribution >= 4 is 28.1 Å². The Hall–Kier alpha value is -0.390. The average Bonchev–Trinajstić information content (AvgIpc) is 2.80. The third-order valence-electron chi connectivity index (χ3n) is 2.49. The Morgan fingerprint density at radius 1 is 1.53 bits per heavy atom. The van der Waals surface area contributed by atoms with Crippen LogP contribution in [0.5, 0.6) is 0 Å². The highest BCUT2D eigenvalue weighted by Gasteiger charge is 2.21. The van der Waals surface area contributed by atoms with E-state index in [2.05, 4.69) is 15.1 Å². The zero-order valence-electron chi connectivity index (χ0n) is 8.43. The van der Waals surface area contributed by atoms with Gasteiger partial charge in [-0.25, -0.2) is 0 Å². The van der Waals surface area contributed by atoms with Crippen LogP contribution in [0.15, 0.2) is 5.51 Å². The smallest absolute Gasteiger partial charge is 0.208 e. The Labute approximate surface area is 98.2 Å². The molecule has 84 valence electrons. The standard InChI is InChI=1S/C9H14ClN3OS/c10-3-6-14-8-1-4-13(5-2-8)9-12-11-7-15-9/h7-8H,1-6H2. The second-order valence-corrected chi connectivity index (χ2v) is 4.66. The number of nitrogens with zero attached hydrogens (tertiary/aromatic N) is 3. The first-order valence-corrected chi connectivity index (χ1v) is 6.50. The van der Waals surface area contributed by atoms with Gasteiger partial charge in [-0.15, -0.1) is 21.8 Å². The summed E-state index contributed by atoms with van der Waals surface area (Å²) in [4.78, 5) is 2.26. The van der Waals surface area contributed by atoms with E-state index in [1.165, 1.54) is 0 Å². The third-order valence-corrected chi connectivity index (χ3v) is 3.40. The van der Waals surface area contributed by atoms with Crippen molar-refractivity contribution in [2.75, 3.05) is 30.5 Å². The van der Waals surface area contributed by atoms with E-state index >= 15 is 0 Å². The van der Waals surface area contributed by atoms with E-state index in [4.69, 9.17) is 16.3 Å². The van der Waals surface area contributed by atoms with Crippen LogP contribution >= 0.6 is 22.9 Å². The molecule has 1 saturated heterocycles. The zero-order valence-corrected chi connectivity index (χ0v) is 10.0. The number of alkyl halides is 1. The van der Waals surface area contributed by atoms with Crippen molar-refractivity contribution in [3.63, 3.8) is 0 Å². The average molecular weight is 248 g/mol. The Bertz CT molecular complexity index is 275. The lowest BCUT2D eigenvalue weighted by Crippen LogP contribution is -2.37. The molecule has 1 aliphatic rings. The van der Waals surface area contributed by atoms with Gasteiger partial charge in [-0.05, 0) is 12.8 Å². The molecule has 0 aromatic carbocycles. The molecule has 4 nitrogen and oxygen atoms in total. The molecular weight excluding hydrogens is 234 g/mol. The minimum absolute atomic E-state index is 0.368. The summed E-state index contributed by atoms with van der Waals surface area (Å²) >= 11 is 7.17. The zero-order chi connectivity index (χ0) is 10.5. The third kappa shape index (κ3) is 3.03. The van der Waals surface area contributed by atoms with Crippen molar-refractivity contribution in [2.24, 2.45) is 0 Å². The van der Waals surface area contributed by atoms with E-state index in [1.54, 1.807) is 16.8 Å². The summed E-state index contributed by atoms with van der Waals surface area (Å²) in [5, 5.41) is 8.92. The van der Waals surface area contributed by atoms with Crippen molar-refractivity contribution in [1.29, 1.82) is 0 Å². The maximum Gasteiger partial charge on any atom is 0.208 e. The SMILES string of the molecule is ClCCOC1CCN(c2nncs2)CC1. The van der Waals surface area contributed by atoms with Gasteiger partial charge in [0.05, 0.1) is 12.7 Å². The number of piperidine rings is 1. The Balaban J connectivity index is 1.77. The number of hydrogen-bond acceptors (Lipinski definition) is 5. The van der Waals surface area contributed by atoms with Gasteiger partial charge in [0.15, 0.2) is 0 Å². The lowest BCUT2D eigenvalue weighted by atomic mass is 10.1. The molecule has 1 aliphatic heterocycles. The molecule has 1 aromatic heterocycles. The predicted molar refractivity (Wildman–Crippen MR) is 61.8 cm³/mol. The molecular formula is C9H14ClN3OS. The fourth-order valence-corrected chi connectivity index (χ4v) is 2.43. The molecule has 0 unspecified atom stereocenters. The molecule has 0 bridgehead atoms. The van der Waals surface area contributed by atoms with E-state index in [9.17, 15) is 0 Å². The van der Waals surface area contributed by atoms with Crippen LogP contribution in [0.4, 0.5) is 5.13 Å². The minimum Gasteiger partial charge on any atom is -0.377 e. The van der Waals surface area contributed by atoms with Gasteiger partial charge in [0, 0.05) is 19.0 Å². The molecule has 0 amide bonds. The highest BCUT2D eigenvalue weighted by molar-refractivity contribution is 7.13. The quantitative estimate of drug-likeness (QED) is 0.760. The van der Waals surface area contributed by atoms with E-state index in [-0.39, 0.29) is 0 Å². The lowest BCUT2D eigenvalue weighted by Gasteiger charge is -2.31. The molecule has 0 aliphatic carbocycles. The van der Waals surface area contributed by atoms with Crippen LogP contribution in [0.2, 0.25) is 0 Å². The molecule has 2 heterocycles. The van der Waals surface area contributed by atoms with E-state index in [0.717, 1.165) is 31.1 Å². The second-order valence-electron chi connectivity index (χ2n) is 3.47. The van der Waals surface area contributed by atoms with Gasteiger partial charge >= 0.3 is 0 Å². The first-order valence-electron chi connectivity index (χ1n) is 5.09. The molecule has 2 rings (SSSR count). The van der Waals surface area contributed by atoms with Gasteiger partial charge in [0.2, 0.25) is 5.13 Å². The topological polar surface area (TPSA) is 38.2 Å². The van der Waals surface area contributed by atoms with Crippen molar-refractivity contribution < 1.29 is 4.74 Å². The van der Waals surface area contributed by atoms with Crippen LogP contribution in [0.3, 0.4) is 0 Å². The summed E-state index contributed by atoms with van der Waals surface area (Å²) in [5.41, 5.74) is 1.77. The summed E-state index contributed by atoms with van der Waals surface area (Å²) in [5.74, 6) is 0.580. The van der Waals surface area contributed by atoms with Crippen molar-refractivity contribution in [2.45, 2.75) is 18.9 Å². The van der Waals surface area contributed by atoms with Gasteiger partial charge in [0.25, 0.3) is 0 Å². The highest BCUT2D eigenvalue weighted by Crippen LogP contribution is 2.22. The van der Waals surface area contributed by atoms with Crippen LogP contribution in [-0.2, 0) is 4.74 Å². The first kappa shape index (κ1) is 11.1. The van der Waals surface area contributed by atoms with Crippen molar-refractivity contribution in [3.8, 4) is 0 Å². The highest BCUT2D eigenvalue weighted by atomic mass is 35.5. The summed E-state index contributed by atoms with van der Waals surface area (Å²) in [6.07, 6.45) is 2.47. The summed E-state index contributed by atoms with van der Waals surface area (Å²) < 4.78 is 5.61. The van der Waals surface area contributed by atoms with Crippen molar-refractivity contribution in [3.05, 3.63) is 5.51 Å². The van der Waals surface area contributed by atoms with Gasteiger partial charge in [0.1, 0.15) is 5.51 Å². The number of ether oxygens (including phenoxy) is 1. The number of hydrogen-bond donors (Lipinski definition) is 0. The molecule has 0 saturated carbocycles. The maximum absolute atomic E-state index is 5.61. The molecule has 0 N–H and O–H groups in total. The van der Waals surface area contributed by atoms with E-state index < -0.39 is 0 Å². The summed E-state index contributed by atoms with van der Waals surface area (Å²) in [7, 11) is 0. The van der Waals surface area contributed by atoms with E-state index in [1.807, 2.05) is 0 Å². The minimum atomic E-state index is 0.368. The van der Waals surface area contributed by atoms with Gasteiger partial charge in [-0.3, -0.25) is 0 Å². The fraction of sp³-hybridized carbons (Fsp3) is 0.778. The fourth-order valence-electron chi connectivity index (χ4n) is 1.73. The molecule has 6 heteroatoms. The normalized spacial score (nSPS) is 18.3. The largest absolute Gasteiger partial charge is 0.377 e. The van der Waals surface area contributed by atoms with Crippen LogP contribution in [-0.4, -0.2) is 41.9 Å². The molecule has 0 atom stereocenters. The maximum atomic E-state index is 5.61. The summed E-state index contributed by atoms with van der Waals surface area (Å²) in [6.45, 7) is 2.66. The predicted octanol–water partition coefficient (Wildman–Crippen LogP) is 1.76.